The molecule has 0 spiro atoms. The van der Waals surface area contributed by atoms with Crippen molar-refractivity contribution in [2.75, 3.05) is 32.2 Å². The maximum absolute atomic E-state index is 5.39. The van der Waals surface area contributed by atoms with Crippen molar-refractivity contribution < 1.29 is 9.47 Å². The van der Waals surface area contributed by atoms with E-state index >= 15 is 0 Å². The number of fused-ring (bicyclic) bond motifs is 1. The summed E-state index contributed by atoms with van der Waals surface area (Å²) in [7, 11) is 1.60. The average molecular weight is 345 g/mol. The van der Waals surface area contributed by atoms with E-state index < -0.39 is 0 Å². The highest BCUT2D eigenvalue weighted by molar-refractivity contribution is 7.20. The molecule has 0 bridgehead atoms. The largest absolute Gasteiger partial charge is 0.481 e. The Morgan fingerprint density at radius 2 is 2.25 bits per heavy atom. The van der Waals surface area contributed by atoms with Gasteiger partial charge < -0.3 is 14.8 Å². The summed E-state index contributed by atoms with van der Waals surface area (Å²) in [6, 6.07) is 3.78. The SMILES string of the molecule is COc1ccc(-c2cn3nc(NCC4CCOCC4)sc3n2)cn1. The highest BCUT2D eigenvalue weighted by Crippen LogP contribution is 2.25. The molecule has 8 heteroatoms. The Bertz CT molecular complexity index is 776. The van der Waals surface area contributed by atoms with Crippen molar-refractivity contribution in [3.05, 3.63) is 24.5 Å². The lowest BCUT2D eigenvalue weighted by Crippen LogP contribution is -2.22. The molecule has 0 aliphatic carbocycles. The van der Waals surface area contributed by atoms with Crippen LogP contribution in [0.15, 0.2) is 24.5 Å². The molecule has 3 aromatic rings. The molecule has 0 aromatic carbocycles. The molecule has 1 aliphatic rings. The third kappa shape index (κ3) is 3.20. The summed E-state index contributed by atoms with van der Waals surface area (Å²) < 4.78 is 12.3. The minimum Gasteiger partial charge on any atom is -0.481 e. The Hall–Kier alpha value is -2.19. The number of nitrogens with zero attached hydrogens (tertiary/aromatic N) is 4. The van der Waals surface area contributed by atoms with Crippen LogP contribution >= 0.6 is 11.3 Å². The van der Waals surface area contributed by atoms with Gasteiger partial charge in [-0.25, -0.2) is 14.5 Å². The van der Waals surface area contributed by atoms with E-state index in [0.29, 0.717) is 11.8 Å². The van der Waals surface area contributed by atoms with Gasteiger partial charge in [-0.3, -0.25) is 0 Å². The van der Waals surface area contributed by atoms with Crippen molar-refractivity contribution in [2.24, 2.45) is 5.92 Å². The van der Waals surface area contributed by atoms with Gasteiger partial charge in [0.05, 0.1) is 19.0 Å². The molecule has 1 N–H and O–H groups in total. The number of rotatable bonds is 5. The van der Waals surface area contributed by atoms with Crippen LogP contribution in [0.5, 0.6) is 5.88 Å². The molecule has 1 aliphatic heterocycles. The summed E-state index contributed by atoms with van der Waals surface area (Å²) in [4.78, 5) is 9.72. The van der Waals surface area contributed by atoms with Gasteiger partial charge in [0.2, 0.25) is 16.0 Å². The molecule has 0 amide bonds. The van der Waals surface area contributed by atoms with Crippen LogP contribution in [0.1, 0.15) is 12.8 Å². The summed E-state index contributed by atoms with van der Waals surface area (Å²) in [6.45, 7) is 2.68. The van der Waals surface area contributed by atoms with Crippen LogP contribution in [0.3, 0.4) is 0 Å². The smallest absolute Gasteiger partial charge is 0.214 e. The number of pyridine rings is 1. The highest BCUT2D eigenvalue weighted by atomic mass is 32.1. The van der Waals surface area contributed by atoms with Crippen LogP contribution in [0.2, 0.25) is 0 Å². The normalized spacial score (nSPS) is 15.7. The Kier molecular flexibility index (Phi) is 4.31. The lowest BCUT2D eigenvalue weighted by atomic mass is 10.0. The second-order valence-electron chi connectivity index (χ2n) is 5.79. The zero-order chi connectivity index (χ0) is 16.4. The lowest BCUT2D eigenvalue weighted by molar-refractivity contribution is 0.0699. The van der Waals surface area contributed by atoms with E-state index in [-0.39, 0.29) is 0 Å². The Labute approximate surface area is 143 Å². The molecule has 4 heterocycles. The summed E-state index contributed by atoms with van der Waals surface area (Å²) in [6.07, 6.45) is 5.92. The number of hydrogen-bond acceptors (Lipinski definition) is 7. The van der Waals surface area contributed by atoms with Crippen LogP contribution < -0.4 is 10.1 Å². The number of hydrogen-bond donors (Lipinski definition) is 1. The molecule has 0 atom stereocenters. The molecule has 24 heavy (non-hydrogen) atoms. The molecular formula is C16H19N5O2S. The minimum atomic E-state index is 0.595. The molecule has 0 saturated carbocycles. The first-order valence-electron chi connectivity index (χ1n) is 8.00. The molecule has 3 aromatic heterocycles. The maximum Gasteiger partial charge on any atom is 0.214 e. The summed E-state index contributed by atoms with van der Waals surface area (Å²) >= 11 is 1.56. The molecule has 0 radical (unpaired) electrons. The van der Waals surface area contributed by atoms with E-state index in [1.54, 1.807) is 24.6 Å². The first kappa shape index (κ1) is 15.3. The highest BCUT2D eigenvalue weighted by Gasteiger charge is 2.15. The number of ether oxygens (including phenoxy) is 2. The van der Waals surface area contributed by atoms with Gasteiger partial charge in [0.15, 0.2) is 0 Å². The molecule has 1 saturated heterocycles. The number of aromatic nitrogens is 4. The number of methoxy groups -OCH3 is 1. The summed E-state index contributed by atoms with van der Waals surface area (Å²) in [5.74, 6) is 1.26. The Balaban J connectivity index is 1.45. The van der Waals surface area contributed by atoms with E-state index in [4.69, 9.17) is 9.47 Å². The predicted octanol–water partition coefficient (Wildman–Crippen LogP) is 2.70. The average Bonchev–Trinajstić information content (AvgIpc) is 3.19. The standard InChI is InChI=1S/C16H19N5O2S/c1-22-14-3-2-12(9-17-14)13-10-21-16(19-13)24-15(20-21)18-8-11-4-6-23-7-5-11/h2-3,9-11H,4-8H2,1H3,(H,18,20). The minimum absolute atomic E-state index is 0.595. The summed E-state index contributed by atoms with van der Waals surface area (Å²) in [5.41, 5.74) is 1.81. The zero-order valence-electron chi connectivity index (χ0n) is 13.4. The molecule has 126 valence electrons. The van der Waals surface area contributed by atoms with E-state index in [1.165, 1.54) is 0 Å². The number of anilines is 1. The quantitative estimate of drug-likeness (QED) is 0.766. The third-order valence-corrected chi connectivity index (χ3v) is 5.05. The Morgan fingerprint density at radius 1 is 1.38 bits per heavy atom. The van der Waals surface area contributed by atoms with Crippen LogP contribution in [0, 0.1) is 5.92 Å². The Morgan fingerprint density at radius 3 is 2.96 bits per heavy atom. The van der Waals surface area contributed by atoms with E-state index in [0.717, 1.165) is 53.9 Å². The van der Waals surface area contributed by atoms with Gasteiger partial charge in [0.25, 0.3) is 0 Å². The maximum atomic E-state index is 5.39. The zero-order valence-corrected chi connectivity index (χ0v) is 14.3. The van der Waals surface area contributed by atoms with Gasteiger partial charge in [0.1, 0.15) is 0 Å². The molecule has 7 nitrogen and oxygen atoms in total. The van der Waals surface area contributed by atoms with Gasteiger partial charge in [0, 0.05) is 37.6 Å². The lowest BCUT2D eigenvalue weighted by Gasteiger charge is -2.21. The van der Waals surface area contributed by atoms with Crippen LogP contribution in [0.4, 0.5) is 5.13 Å². The van der Waals surface area contributed by atoms with Crippen molar-refractivity contribution >= 4 is 21.4 Å². The van der Waals surface area contributed by atoms with Crippen molar-refractivity contribution in [2.45, 2.75) is 12.8 Å². The van der Waals surface area contributed by atoms with E-state index in [9.17, 15) is 0 Å². The van der Waals surface area contributed by atoms with E-state index in [1.807, 2.05) is 22.8 Å². The van der Waals surface area contributed by atoms with Crippen molar-refractivity contribution in [3.63, 3.8) is 0 Å². The van der Waals surface area contributed by atoms with Crippen molar-refractivity contribution in [1.29, 1.82) is 0 Å². The summed E-state index contributed by atoms with van der Waals surface area (Å²) in [5, 5.41) is 8.89. The molecule has 1 fully saturated rings. The second-order valence-corrected chi connectivity index (χ2v) is 6.74. The third-order valence-electron chi connectivity index (χ3n) is 4.17. The fourth-order valence-electron chi connectivity index (χ4n) is 2.75. The van der Waals surface area contributed by atoms with Gasteiger partial charge in [-0.1, -0.05) is 11.3 Å². The van der Waals surface area contributed by atoms with Crippen LogP contribution in [-0.2, 0) is 4.74 Å². The van der Waals surface area contributed by atoms with Gasteiger partial charge in [-0.05, 0) is 24.8 Å². The van der Waals surface area contributed by atoms with E-state index in [2.05, 4.69) is 20.4 Å². The molecule has 4 rings (SSSR count). The number of imidazole rings is 1. The molecule has 0 unspecified atom stereocenters. The van der Waals surface area contributed by atoms with Crippen LogP contribution in [-0.4, -0.2) is 46.5 Å². The second kappa shape index (κ2) is 6.74. The van der Waals surface area contributed by atoms with Gasteiger partial charge in [-0.2, -0.15) is 0 Å². The monoisotopic (exact) mass is 345 g/mol. The predicted molar refractivity (Wildman–Crippen MR) is 92.7 cm³/mol. The first-order valence-corrected chi connectivity index (χ1v) is 8.82. The van der Waals surface area contributed by atoms with Gasteiger partial charge in [-0.15, -0.1) is 5.10 Å². The fourth-order valence-corrected chi connectivity index (χ4v) is 3.53. The topological polar surface area (TPSA) is 73.6 Å². The first-order chi connectivity index (χ1) is 11.8. The van der Waals surface area contributed by atoms with Gasteiger partial charge >= 0.3 is 0 Å². The fraction of sp³-hybridized carbons (Fsp3) is 0.438. The number of nitrogens with one attached hydrogen (secondary N) is 1. The molecular weight excluding hydrogens is 326 g/mol. The van der Waals surface area contributed by atoms with Crippen LogP contribution in [0.25, 0.3) is 16.2 Å². The van der Waals surface area contributed by atoms with Crippen molar-refractivity contribution in [3.8, 4) is 17.1 Å². The van der Waals surface area contributed by atoms with Crippen molar-refractivity contribution in [1.82, 2.24) is 19.6 Å².